The van der Waals surface area contributed by atoms with Gasteiger partial charge in [0.1, 0.15) is 12.0 Å². The summed E-state index contributed by atoms with van der Waals surface area (Å²) in [5.74, 6) is 0.700. The Balaban J connectivity index is 2.60. The minimum absolute atomic E-state index is 0.0261. The molecular weight excluding hydrogens is 230 g/mol. The van der Waals surface area contributed by atoms with Gasteiger partial charge in [0.25, 0.3) is 0 Å². The van der Waals surface area contributed by atoms with E-state index in [4.69, 9.17) is 26.5 Å². The average Bonchev–Trinajstić information content (AvgIpc) is 2.57. The second-order valence-electron chi connectivity index (χ2n) is 3.24. The van der Waals surface area contributed by atoms with Gasteiger partial charge in [-0.15, -0.1) is 0 Å². The van der Waals surface area contributed by atoms with Crippen LogP contribution in [0.15, 0.2) is 28.9 Å². The summed E-state index contributed by atoms with van der Waals surface area (Å²) in [5.41, 5.74) is 6.67. The van der Waals surface area contributed by atoms with Crippen LogP contribution in [0.3, 0.4) is 0 Å². The van der Waals surface area contributed by atoms with Crippen LogP contribution >= 0.6 is 11.6 Å². The molecule has 1 heterocycles. The first-order valence-electron chi connectivity index (χ1n) is 4.52. The Bertz CT molecular complexity index is 502. The monoisotopic (exact) mass is 239 g/mol. The van der Waals surface area contributed by atoms with Gasteiger partial charge in [-0.3, -0.25) is 0 Å². The number of ether oxygens (including phenoxy) is 1. The first-order chi connectivity index (χ1) is 7.61. The molecule has 0 aliphatic carbocycles. The highest BCUT2D eigenvalue weighted by Gasteiger charge is 2.14. The molecule has 84 valence electrons. The van der Waals surface area contributed by atoms with Gasteiger partial charge in [-0.05, 0) is 23.8 Å². The molecular formula is C11H10ClNO3. The lowest BCUT2D eigenvalue weighted by molar-refractivity contribution is 0.415. The van der Waals surface area contributed by atoms with E-state index in [1.165, 1.54) is 13.4 Å². The second-order valence-corrected chi connectivity index (χ2v) is 3.68. The molecule has 0 aliphatic heterocycles. The van der Waals surface area contributed by atoms with Gasteiger partial charge in [-0.1, -0.05) is 11.6 Å². The number of furan rings is 1. The molecule has 2 aromatic rings. The first kappa shape index (κ1) is 10.7. The molecule has 0 radical (unpaired) electrons. The van der Waals surface area contributed by atoms with Crippen LogP contribution in [0, 0.1) is 0 Å². The van der Waals surface area contributed by atoms with E-state index >= 15 is 0 Å². The zero-order valence-corrected chi connectivity index (χ0v) is 9.28. The van der Waals surface area contributed by atoms with Crippen LogP contribution in [0.5, 0.6) is 11.5 Å². The van der Waals surface area contributed by atoms with Crippen molar-refractivity contribution in [3.63, 3.8) is 0 Å². The molecule has 0 spiro atoms. The molecule has 5 heteroatoms. The van der Waals surface area contributed by atoms with E-state index in [0.717, 1.165) is 0 Å². The van der Waals surface area contributed by atoms with Gasteiger partial charge in [-0.2, -0.15) is 0 Å². The second kappa shape index (κ2) is 3.98. The minimum atomic E-state index is -0.0261. The standard InChI is InChI=1S/C11H10ClNO3/c1-15-8-3-6(2-7(12)4-8)10-9(14)5-16-11(10)13/h2-5,14H,13H2,1H3. The van der Waals surface area contributed by atoms with Crippen LogP contribution in [0.25, 0.3) is 11.1 Å². The van der Waals surface area contributed by atoms with Crippen molar-refractivity contribution in [2.24, 2.45) is 0 Å². The molecule has 3 N–H and O–H groups in total. The van der Waals surface area contributed by atoms with Gasteiger partial charge in [0, 0.05) is 5.02 Å². The van der Waals surface area contributed by atoms with Crippen LogP contribution in [0.1, 0.15) is 0 Å². The Morgan fingerprint density at radius 1 is 1.38 bits per heavy atom. The number of hydrogen-bond acceptors (Lipinski definition) is 4. The summed E-state index contributed by atoms with van der Waals surface area (Å²) in [6.45, 7) is 0. The lowest BCUT2D eigenvalue weighted by Crippen LogP contribution is -1.88. The zero-order valence-electron chi connectivity index (χ0n) is 8.53. The van der Waals surface area contributed by atoms with Crippen molar-refractivity contribution in [3.8, 4) is 22.6 Å². The van der Waals surface area contributed by atoms with Crippen molar-refractivity contribution in [3.05, 3.63) is 29.5 Å². The van der Waals surface area contributed by atoms with Crippen molar-refractivity contribution in [2.45, 2.75) is 0 Å². The predicted octanol–water partition coefficient (Wildman–Crippen LogP) is 2.90. The number of benzene rings is 1. The van der Waals surface area contributed by atoms with Crippen LogP contribution in [0.2, 0.25) is 5.02 Å². The van der Waals surface area contributed by atoms with Crippen LogP contribution in [-0.4, -0.2) is 12.2 Å². The number of aromatic hydroxyl groups is 1. The van der Waals surface area contributed by atoms with Gasteiger partial charge in [0.05, 0.1) is 12.7 Å². The van der Waals surface area contributed by atoms with Gasteiger partial charge >= 0.3 is 0 Å². The number of anilines is 1. The van der Waals surface area contributed by atoms with E-state index in [0.29, 0.717) is 21.9 Å². The van der Waals surface area contributed by atoms with Crippen molar-refractivity contribution >= 4 is 17.5 Å². The molecule has 0 bridgehead atoms. The molecule has 0 saturated carbocycles. The maximum absolute atomic E-state index is 9.58. The summed E-state index contributed by atoms with van der Waals surface area (Å²) >= 11 is 5.92. The quantitative estimate of drug-likeness (QED) is 0.846. The molecule has 0 aliphatic rings. The van der Waals surface area contributed by atoms with Gasteiger partial charge in [0.15, 0.2) is 5.75 Å². The van der Waals surface area contributed by atoms with Gasteiger partial charge in [-0.25, -0.2) is 0 Å². The number of nitrogen functional groups attached to an aromatic ring is 1. The lowest BCUT2D eigenvalue weighted by atomic mass is 10.1. The van der Waals surface area contributed by atoms with E-state index in [1.807, 2.05) is 0 Å². The highest BCUT2D eigenvalue weighted by molar-refractivity contribution is 6.31. The molecule has 0 fully saturated rings. The molecule has 0 atom stereocenters. The summed E-state index contributed by atoms with van der Waals surface area (Å²) < 4.78 is 9.98. The third-order valence-corrected chi connectivity index (χ3v) is 2.41. The Morgan fingerprint density at radius 2 is 2.12 bits per heavy atom. The molecule has 16 heavy (non-hydrogen) atoms. The van der Waals surface area contributed by atoms with Crippen molar-refractivity contribution in [1.82, 2.24) is 0 Å². The van der Waals surface area contributed by atoms with E-state index in [-0.39, 0.29) is 11.6 Å². The van der Waals surface area contributed by atoms with Crippen molar-refractivity contribution in [2.75, 3.05) is 12.8 Å². The summed E-state index contributed by atoms with van der Waals surface area (Å²) in [4.78, 5) is 0. The van der Waals surface area contributed by atoms with Gasteiger partial charge < -0.3 is 20.0 Å². The normalized spacial score (nSPS) is 10.4. The number of halogens is 1. The van der Waals surface area contributed by atoms with Crippen LogP contribution in [-0.2, 0) is 0 Å². The molecule has 1 aromatic carbocycles. The predicted molar refractivity (Wildman–Crippen MR) is 61.8 cm³/mol. The zero-order chi connectivity index (χ0) is 11.7. The first-order valence-corrected chi connectivity index (χ1v) is 4.90. The summed E-state index contributed by atoms with van der Waals surface area (Å²) in [6, 6.07) is 5.05. The fourth-order valence-electron chi connectivity index (χ4n) is 1.48. The molecule has 2 rings (SSSR count). The highest BCUT2D eigenvalue weighted by Crippen LogP contribution is 2.38. The van der Waals surface area contributed by atoms with E-state index < -0.39 is 0 Å². The fraction of sp³-hybridized carbons (Fsp3) is 0.0909. The molecule has 1 aromatic heterocycles. The maximum Gasteiger partial charge on any atom is 0.201 e. The SMILES string of the molecule is COc1cc(Cl)cc(-c2c(O)coc2N)c1. The smallest absolute Gasteiger partial charge is 0.201 e. The third kappa shape index (κ3) is 1.79. The van der Waals surface area contributed by atoms with Crippen molar-refractivity contribution < 1.29 is 14.3 Å². The molecule has 0 saturated heterocycles. The lowest BCUT2D eigenvalue weighted by Gasteiger charge is -2.05. The van der Waals surface area contributed by atoms with Crippen LogP contribution in [0.4, 0.5) is 5.88 Å². The Labute approximate surface area is 97.2 Å². The topological polar surface area (TPSA) is 68.6 Å². The summed E-state index contributed by atoms with van der Waals surface area (Å²) in [6.07, 6.45) is 1.18. The van der Waals surface area contributed by atoms with Crippen LogP contribution < -0.4 is 10.5 Å². The number of nitrogens with two attached hydrogens (primary N) is 1. The molecule has 0 amide bonds. The third-order valence-electron chi connectivity index (χ3n) is 2.20. The van der Waals surface area contributed by atoms with Gasteiger partial charge in [0.2, 0.25) is 5.88 Å². The number of methoxy groups -OCH3 is 1. The Kier molecular flexibility index (Phi) is 2.66. The van der Waals surface area contributed by atoms with Crippen molar-refractivity contribution in [1.29, 1.82) is 0 Å². The number of rotatable bonds is 2. The summed E-state index contributed by atoms with van der Waals surface area (Å²) in [7, 11) is 1.54. The van der Waals surface area contributed by atoms with E-state index in [2.05, 4.69) is 0 Å². The maximum atomic E-state index is 9.58. The Hall–Kier alpha value is -1.81. The van der Waals surface area contributed by atoms with E-state index in [9.17, 15) is 5.11 Å². The summed E-state index contributed by atoms with van der Waals surface area (Å²) in [5, 5.41) is 10.1. The number of hydrogen-bond donors (Lipinski definition) is 2. The minimum Gasteiger partial charge on any atom is -0.504 e. The average molecular weight is 240 g/mol. The fourth-order valence-corrected chi connectivity index (χ4v) is 1.70. The molecule has 0 unspecified atom stereocenters. The Morgan fingerprint density at radius 3 is 2.69 bits per heavy atom. The largest absolute Gasteiger partial charge is 0.504 e. The molecule has 4 nitrogen and oxygen atoms in total. The highest BCUT2D eigenvalue weighted by atomic mass is 35.5. The van der Waals surface area contributed by atoms with E-state index in [1.54, 1.807) is 18.2 Å².